The third-order valence-corrected chi connectivity index (χ3v) is 3.31. The van der Waals surface area contributed by atoms with Crippen molar-refractivity contribution in [2.45, 2.75) is 51.0 Å². The van der Waals surface area contributed by atoms with Gasteiger partial charge in [0.05, 0.1) is 0 Å². The van der Waals surface area contributed by atoms with E-state index in [0.29, 0.717) is 18.6 Å². The Bertz CT molecular complexity index is 141. The fourth-order valence-corrected chi connectivity index (χ4v) is 2.21. The minimum atomic E-state index is 0.354. The molecule has 1 atom stereocenters. The lowest BCUT2D eigenvalue weighted by Gasteiger charge is -2.19. The maximum absolute atomic E-state index is 8.65. The molecule has 1 heterocycles. The van der Waals surface area contributed by atoms with Crippen LogP contribution in [0, 0.1) is 5.92 Å². The van der Waals surface area contributed by atoms with Gasteiger partial charge in [0.1, 0.15) is 0 Å². The molecule has 1 unspecified atom stereocenters. The second-order valence-electron chi connectivity index (χ2n) is 4.79. The molecule has 0 aromatic carbocycles. The molecule has 90 valence electrons. The highest BCUT2D eigenvalue weighted by molar-refractivity contribution is 4.67. The number of aliphatic hydroxyl groups excluding tert-OH is 1. The quantitative estimate of drug-likeness (QED) is 0.616. The molecule has 2 rings (SSSR count). The van der Waals surface area contributed by atoms with Gasteiger partial charge in [-0.15, -0.1) is 0 Å². The first-order chi connectivity index (χ1) is 7.33. The lowest BCUT2D eigenvalue weighted by atomic mass is 9.97. The molecule has 0 bridgehead atoms. The van der Waals surface area contributed by atoms with Crippen molar-refractivity contribution in [3.63, 3.8) is 0 Å². The van der Waals surface area contributed by atoms with E-state index in [1.54, 1.807) is 0 Å². The summed E-state index contributed by atoms with van der Waals surface area (Å²) in [6.45, 7) is 2.50. The summed E-state index contributed by atoms with van der Waals surface area (Å²) in [5.41, 5.74) is 5.63. The van der Waals surface area contributed by atoms with Crippen molar-refractivity contribution in [3.05, 3.63) is 0 Å². The average Bonchev–Trinajstić information content (AvgIpc) is 2.32. The smallest absolute Gasteiger partial charge is 0.0471 e. The largest absolute Gasteiger partial charge is 0.396 e. The maximum atomic E-state index is 8.65. The second kappa shape index (κ2) is 8.08. The van der Waals surface area contributed by atoms with Crippen LogP contribution in [0.3, 0.4) is 0 Å². The number of piperidine rings is 1. The molecule has 0 radical (unpaired) electrons. The van der Waals surface area contributed by atoms with Crippen molar-refractivity contribution < 1.29 is 5.11 Å². The van der Waals surface area contributed by atoms with Gasteiger partial charge >= 0.3 is 0 Å². The zero-order chi connectivity index (χ0) is 10.9. The highest BCUT2D eigenvalue weighted by atomic mass is 16.3. The highest BCUT2D eigenvalue weighted by Crippen LogP contribution is 2.14. The lowest BCUT2D eigenvalue weighted by Crippen LogP contribution is -2.31. The van der Waals surface area contributed by atoms with Crippen LogP contribution in [0.15, 0.2) is 0 Å². The summed E-state index contributed by atoms with van der Waals surface area (Å²) in [6.07, 6.45) is 9.09. The minimum absolute atomic E-state index is 0.354. The monoisotopic (exact) mass is 214 g/mol. The molecule has 1 aliphatic carbocycles. The van der Waals surface area contributed by atoms with Crippen molar-refractivity contribution in [2.75, 3.05) is 19.7 Å². The van der Waals surface area contributed by atoms with Crippen LogP contribution >= 0.6 is 0 Å². The molecule has 0 amide bonds. The molecule has 0 spiro atoms. The average molecular weight is 214 g/mol. The first-order valence-electron chi connectivity index (χ1n) is 6.40. The number of aliphatic hydroxyl groups is 1. The van der Waals surface area contributed by atoms with Gasteiger partial charge in [-0.05, 0) is 38.1 Å². The third kappa shape index (κ3) is 6.13. The molecule has 1 aliphatic heterocycles. The molecular weight excluding hydrogens is 188 g/mol. The Morgan fingerprint density at radius 2 is 1.80 bits per heavy atom. The molecule has 2 fully saturated rings. The predicted octanol–water partition coefficient (Wildman–Crippen LogP) is 1.26. The lowest BCUT2D eigenvalue weighted by molar-refractivity contribution is 0.199. The summed E-state index contributed by atoms with van der Waals surface area (Å²) in [7, 11) is 0. The van der Waals surface area contributed by atoms with E-state index in [1.165, 1.54) is 44.9 Å². The summed E-state index contributed by atoms with van der Waals surface area (Å²) in [6, 6.07) is 0.536. The SMILES string of the molecule is NC1CCCCC1.OCC1CCCNC1. The zero-order valence-electron chi connectivity index (χ0n) is 9.75. The van der Waals surface area contributed by atoms with E-state index in [0.717, 1.165) is 13.1 Å². The van der Waals surface area contributed by atoms with Crippen LogP contribution in [0.4, 0.5) is 0 Å². The van der Waals surface area contributed by atoms with E-state index in [-0.39, 0.29) is 0 Å². The number of nitrogens with two attached hydrogens (primary N) is 1. The van der Waals surface area contributed by atoms with Crippen molar-refractivity contribution in [1.82, 2.24) is 5.32 Å². The summed E-state index contributed by atoms with van der Waals surface area (Å²) in [5.74, 6) is 0.531. The van der Waals surface area contributed by atoms with Crippen LogP contribution in [0.25, 0.3) is 0 Å². The minimum Gasteiger partial charge on any atom is -0.396 e. The predicted molar refractivity (Wildman–Crippen MR) is 63.7 cm³/mol. The van der Waals surface area contributed by atoms with Gasteiger partial charge in [-0.1, -0.05) is 19.3 Å². The first kappa shape index (κ1) is 12.9. The fourth-order valence-electron chi connectivity index (χ4n) is 2.21. The van der Waals surface area contributed by atoms with E-state index in [2.05, 4.69) is 5.32 Å². The van der Waals surface area contributed by atoms with Crippen LogP contribution in [-0.2, 0) is 0 Å². The summed E-state index contributed by atoms with van der Waals surface area (Å²) < 4.78 is 0. The summed E-state index contributed by atoms with van der Waals surface area (Å²) in [5, 5.41) is 11.9. The molecule has 0 aromatic rings. The van der Waals surface area contributed by atoms with Crippen LogP contribution in [0.2, 0.25) is 0 Å². The first-order valence-corrected chi connectivity index (χ1v) is 6.40. The molecule has 4 N–H and O–H groups in total. The second-order valence-corrected chi connectivity index (χ2v) is 4.79. The molecule has 0 aromatic heterocycles. The van der Waals surface area contributed by atoms with Gasteiger partial charge in [0.2, 0.25) is 0 Å². The maximum Gasteiger partial charge on any atom is 0.0471 e. The van der Waals surface area contributed by atoms with Crippen molar-refractivity contribution in [1.29, 1.82) is 0 Å². The van der Waals surface area contributed by atoms with Gasteiger partial charge in [0, 0.05) is 19.2 Å². The van der Waals surface area contributed by atoms with E-state index >= 15 is 0 Å². The Hall–Kier alpha value is -0.120. The van der Waals surface area contributed by atoms with Gasteiger partial charge in [0.25, 0.3) is 0 Å². The summed E-state index contributed by atoms with van der Waals surface area (Å²) in [4.78, 5) is 0. The number of nitrogens with one attached hydrogen (secondary N) is 1. The highest BCUT2D eigenvalue weighted by Gasteiger charge is 2.10. The molecule has 1 saturated carbocycles. The van der Waals surface area contributed by atoms with Crippen molar-refractivity contribution >= 4 is 0 Å². The normalized spacial score (nSPS) is 28.0. The topological polar surface area (TPSA) is 58.3 Å². The summed E-state index contributed by atoms with van der Waals surface area (Å²) >= 11 is 0. The van der Waals surface area contributed by atoms with Gasteiger partial charge in [-0.25, -0.2) is 0 Å². The Morgan fingerprint density at radius 3 is 2.13 bits per heavy atom. The fraction of sp³-hybridized carbons (Fsp3) is 1.00. The molecule has 15 heavy (non-hydrogen) atoms. The number of rotatable bonds is 1. The van der Waals surface area contributed by atoms with Gasteiger partial charge in [-0.2, -0.15) is 0 Å². The molecule has 3 heteroatoms. The Balaban J connectivity index is 0.000000151. The molecule has 1 saturated heterocycles. The van der Waals surface area contributed by atoms with E-state index in [4.69, 9.17) is 10.8 Å². The Kier molecular flexibility index (Phi) is 6.98. The van der Waals surface area contributed by atoms with Crippen LogP contribution in [-0.4, -0.2) is 30.8 Å². The van der Waals surface area contributed by atoms with Gasteiger partial charge in [-0.3, -0.25) is 0 Å². The van der Waals surface area contributed by atoms with Crippen LogP contribution in [0.5, 0.6) is 0 Å². The van der Waals surface area contributed by atoms with Gasteiger partial charge in [0.15, 0.2) is 0 Å². The number of hydrogen-bond donors (Lipinski definition) is 3. The standard InChI is InChI=1S/C6H13NO.C6H13N/c8-5-6-2-1-3-7-4-6;7-6-4-2-1-3-5-6/h6-8H,1-5H2;6H,1-5,7H2. The van der Waals surface area contributed by atoms with Crippen molar-refractivity contribution in [2.24, 2.45) is 11.7 Å². The Morgan fingerprint density at radius 1 is 1.07 bits per heavy atom. The molecular formula is C12H26N2O. The molecule has 3 nitrogen and oxygen atoms in total. The zero-order valence-corrected chi connectivity index (χ0v) is 9.75. The van der Waals surface area contributed by atoms with E-state index in [1.807, 2.05) is 0 Å². The Labute approximate surface area is 93.4 Å². The molecule has 2 aliphatic rings. The number of hydrogen-bond acceptors (Lipinski definition) is 3. The van der Waals surface area contributed by atoms with Crippen molar-refractivity contribution in [3.8, 4) is 0 Å². The van der Waals surface area contributed by atoms with Gasteiger partial charge < -0.3 is 16.2 Å². The third-order valence-electron chi connectivity index (χ3n) is 3.31. The van der Waals surface area contributed by atoms with E-state index in [9.17, 15) is 0 Å². The van der Waals surface area contributed by atoms with Crippen LogP contribution in [0.1, 0.15) is 44.9 Å². The van der Waals surface area contributed by atoms with Crippen LogP contribution < -0.4 is 11.1 Å². The van der Waals surface area contributed by atoms with E-state index < -0.39 is 0 Å².